The number of carbonyl (C=O) groups is 2. The van der Waals surface area contributed by atoms with Crippen LogP contribution in [0.15, 0.2) is 58.4 Å². The van der Waals surface area contributed by atoms with Gasteiger partial charge in [-0.2, -0.15) is 0 Å². The number of carbonyl (C=O) groups excluding carboxylic acids is 2. The lowest BCUT2D eigenvalue weighted by Crippen LogP contribution is -2.44. The number of hydrogen-bond acceptors (Lipinski definition) is 5. The number of ketones is 1. The second-order valence-electron chi connectivity index (χ2n) is 4.90. The third-order valence-corrected chi connectivity index (χ3v) is 4.33. The molecule has 24 heavy (non-hydrogen) atoms. The molecule has 0 spiro atoms. The van der Waals surface area contributed by atoms with Crippen molar-refractivity contribution in [2.75, 3.05) is 0 Å². The van der Waals surface area contributed by atoms with E-state index in [0.717, 1.165) is 4.57 Å². The fraction of sp³-hybridized carbons (Fsp3) is 0.133. The summed E-state index contributed by atoms with van der Waals surface area (Å²) in [5.41, 5.74) is 1.88. The van der Waals surface area contributed by atoms with Crippen molar-refractivity contribution in [3.8, 4) is 0 Å². The van der Waals surface area contributed by atoms with E-state index >= 15 is 0 Å². The second-order valence-corrected chi connectivity index (χ2v) is 6.59. The highest BCUT2D eigenvalue weighted by molar-refractivity contribution is 7.89. The average molecular weight is 349 g/mol. The number of benzene rings is 1. The molecular formula is C15H15N3O5S. The maximum atomic E-state index is 12.1. The van der Waals surface area contributed by atoms with E-state index in [2.05, 4.69) is 0 Å². The van der Waals surface area contributed by atoms with Crippen LogP contribution in [0.4, 0.5) is 0 Å². The zero-order chi connectivity index (χ0) is 17.7. The number of Topliss-reactive ketones (excluding diaryl/α,β-unsaturated/α-hetero) is 1. The summed E-state index contributed by atoms with van der Waals surface area (Å²) >= 11 is 0. The first kappa shape index (κ1) is 17.6. The van der Waals surface area contributed by atoms with Crippen LogP contribution in [0.25, 0.3) is 0 Å². The largest absolute Gasteiger partial charge is 0.306 e. The summed E-state index contributed by atoms with van der Waals surface area (Å²) in [5.74, 6) is -0.992. The van der Waals surface area contributed by atoms with E-state index in [9.17, 15) is 22.8 Å². The Kier molecular flexibility index (Phi) is 5.27. The first-order valence-corrected chi connectivity index (χ1v) is 8.35. The zero-order valence-electron chi connectivity index (χ0n) is 12.7. The predicted octanol–water partition coefficient (Wildman–Crippen LogP) is 0.0606. The van der Waals surface area contributed by atoms with Gasteiger partial charge in [0.15, 0.2) is 5.78 Å². The van der Waals surface area contributed by atoms with Gasteiger partial charge in [0.1, 0.15) is 6.54 Å². The zero-order valence-corrected chi connectivity index (χ0v) is 13.5. The van der Waals surface area contributed by atoms with E-state index in [0.29, 0.717) is 0 Å². The summed E-state index contributed by atoms with van der Waals surface area (Å²) in [4.78, 5) is 36.3. The van der Waals surface area contributed by atoms with Crippen molar-refractivity contribution in [1.29, 1.82) is 0 Å². The lowest BCUT2D eigenvalue weighted by molar-refractivity contribution is -0.122. The molecule has 0 bridgehead atoms. The first-order valence-electron chi connectivity index (χ1n) is 6.87. The second kappa shape index (κ2) is 7.20. The number of hydrogen-bond donors (Lipinski definition) is 2. The number of sulfonamides is 1. The lowest BCUT2D eigenvalue weighted by Gasteiger charge is -2.10. The van der Waals surface area contributed by atoms with Gasteiger partial charge in [0.25, 0.3) is 21.5 Å². The maximum absolute atomic E-state index is 12.1. The van der Waals surface area contributed by atoms with Crippen molar-refractivity contribution in [1.82, 2.24) is 14.8 Å². The van der Waals surface area contributed by atoms with E-state index in [1.165, 1.54) is 49.5 Å². The van der Waals surface area contributed by atoms with Crippen LogP contribution < -0.4 is 15.8 Å². The molecule has 0 atom stereocenters. The number of amides is 1. The van der Waals surface area contributed by atoms with E-state index in [4.69, 9.17) is 0 Å². The summed E-state index contributed by atoms with van der Waals surface area (Å²) in [6.07, 6.45) is 1.41. The van der Waals surface area contributed by atoms with E-state index in [1.54, 1.807) is 6.07 Å². The molecule has 0 radical (unpaired) electrons. The van der Waals surface area contributed by atoms with Gasteiger partial charge < -0.3 is 4.57 Å². The van der Waals surface area contributed by atoms with Crippen LogP contribution in [0.1, 0.15) is 17.3 Å². The van der Waals surface area contributed by atoms with Crippen LogP contribution in [-0.4, -0.2) is 24.7 Å². The Labute approximate surface area is 138 Å². The lowest BCUT2D eigenvalue weighted by atomic mass is 10.2. The molecular weight excluding hydrogens is 334 g/mol. The molecule has 8 nitrogen and oxygen atoms in total. The van der Waals surface area contributed by atoms with Crippen molar-refractivity contribution in [2.45, 2.75) is 18.4 Å². The highest BCUT2D eigenvalue weighted by Gasteiger charge is 2.16. The smallest absolute Gasteiger partial charge is 0.257 e. The molecule has 0 aliphatic rings. The third-order valence-electron chi connectivity index (χ3n) is 3.09. The summed E-state index contributed by atoms with van der Waals surface area (Å²) < 4.78 is 25.4. The standard InChI is InChI=1S/C15H15N3O5S/c1-11(19)12-5-4-6-13(9-12)24(22,23)17-16-14(20)10-18-8-3-2-7-15(18)21/h2-9,17H,10H2,1H3,(H,16,20). The molecule has 1 heterocycles. The molecule has 0 saturated heterocycles. The Morgan fingerprint density at radius 2 is 1.88 bits per heavy atom. The first-order chi connectivity index (χ1) is 11.3. The van der Waals surface area contributed by atoms with Gasteiger partial charge in [0.05, 0.1) is 4.90 Å². The highest BCUT2D eigenvalue weighted by Crippen LogP contribution is 2.11. The Morgan fingerprint density at radius 3 is 2.54 bits per heavy atom. The summed E-state index contributed by atoms with van der Waals surface area (Å²) in [6.45, 7) is 0.980. The number of aromatic nitrogens is 1. The average Bonchev–Trinajstić information content (AvgIpc) is 2.55. The summed E-state index contributed by atoms with van der Waals surface area (Å²) in [5, 5.41) is 0. The van der Waals surface area contributed by atoms with Gasteiger partial charge in [-0.25, -0.2) is 8.42 Å². The normalized spacial score (nSPS) is 11.0. The van der Waals surface area contributed by atoms with Crippen molar-refractivity contribution >= 4 is 21.7 Å². The van der Waals surface area contributed by atoms with Crippen molar-refractivity contribution in [2.24, 2.45) is 0 Å². The Balaban J connectivity index is 2.06. The fourth-order valence-electron chi connectivity index (χ4n) is 1.85. The van der Waals surface area contributed by atoms with Crippen LogP contribution >= 0.6 is 0 Å². The highest BCUT2D eigenvalue weighted by atomic mass is 32.2. The number of rotatable bonds is 6. The van der Waals surface area contributed by atoms with Crippen LogP contribution in [0.2, 0.25) is 0 Å². The molecule has 0 unspecified atom stereocenters. The molecule has 2 aromatic rings. The van der Waals surface area contributed by atoms with E-state index < -0.39 is 15.9 Å². The van der Waals surface area contributed by atoms with Crippen LogP contribution in [0, 0.1) is 0 Å². The van der Waals surface area contributed by atoms with Crippen molar-refractivity contribution in [3.63, 3.8) is 0 Å². The molecule has 0 aliphatic heterocycles. The molecule has 9 heteroatoms. The Hall–Kier alpha value is -2.78. The fourth-order valence-corrected chi connectivity index (χ4v) is 2.76. The van der Waals surface area contributed by atoms with Crippen LogP contribution in [0.3, 0.4) is 0 Å². The van der Waals surface area contributed by atoms with Gasteiger partial charge in [-0.05, 0) is 25.1 Å². The molecule has 1 aromatic heterocycles. The van der Waals surface area contributed by atoms with Crippen molar-refractivity contribution in [3.05, 3.63) is 64.6 Å². The quantitative estimate of drug-likeness (QED) is 0.565. The Bertz CT molecular complexity index is 934. The number of nitrogens with one attached hydrogen (secondary N) is 2. The molecule has 0 aliphatic carbocycles. The molecule has 126 valence electrons. The third kappa shape index (κ3) is 4.37. The molecule has 1 aromatic carbocycles. The van der Waals surface area contributed by atoms with Gasteiger partial charge in [0.2, 0.25) is 0 Å². The van der Waals surface area contributed by atoms with Gasteiger partial charge in [-0.3, -0.25) is 19.8 Å². The van der Waals surface area contributed by atoms with Gasteiger partial charge in [0, 0.05) is 17.8 Å². The Morgan fingerprint density at radius 1 is 1.12 bits per heavy atom. The van der Waals surface area contributed by atoms with Gasteiger partial charge in [-0.1, -0.05) is 18.2 Å². The van der Waals surface area contributed by atoms with Crippen LogP contribution in [-0.2, 0) is 21.4 Å². The molecule has 2 N–H and O–H groups in total. The molecule has 0 saturated carbocycles. The molecule has 2 rings (SSSR count). The predicted molar refractivity (Wildman–Crippen MR) is 85.6 cm³/mol. The SMILES string of the molecule is CC(=O)c1cccc(S(=O)(=O)NNC(=O)Cn2ccccc2=O)c1. The number of pyridine rings is 1. The monoisotopic (exact) mass is 349 g/mol. The minimum absolute atomic E-state index is 0.160. The van der Waals surface area contributed by atoms with Crippen LogP contribution in [0.5, 0.6) is 0 Å². The number of nitrogens with zero attached hydrogens (tertiary/aromatic N) is 1. The van der Waals surface area contributed by atoms with E-state index in [-0.39, 0.29) is 28.3 Å². The minimum atomic E-state index is -4.04. The summed E-state index contributed by atoms with van der Waals surface area (Å²) in [6, 6.07) is 9.80. The molecule has 1 amide bonds. The molecule has 0 fully saturated rings. The topological polar surface area (TPSA) is 114 Å². The van der Waals surface area contributed by atoms with E-state index in [1.807, 2.05) is 10.3 Å². The maximum Gasteiger partial charge on any atom is 0.257 e. The number of hydrazine groups is 1. The van der Waals surface area contributed by atoms with Gasteiger partial charge in [-0.15, -0.1) is 4.83 Å². The minimum Gasteiger partial charge on any atom is -0.306 e. The summed E-state index contributed by atoms with van der Waals surface area (Å²) in [7, 11) is -4.04. The van der Waals surface area contributed by atoms with Gasteiger partial charge >= 0.3 is 0 Å². The van der Waals surface area contributed by atoms with Crippen molar-refractivity contribution < 1.29 is 18.0 Å².